The Labute approximate surface area is 120 Å². The van der Waals surface area contributed by atoms with E-state index in [1.165, 1.54) is 0 Å². The summed E-state index contributed by atoms with van der Waals surface area (Å²) in [4.78, 5) is 0. The summed E-state index contributed by atoms with van der Waals surface area (Å²) in [5, 5.41) is 0. The minimum atomic E-state index is -5.22. The molecule has 0 saturated carbocycles. The molecule has 2 rings (SSSR count). The zero-order valence-corrected chi connectivity index (χ0v) is 11.1. The van der Waals surface area contributed by atoms with Crippen molar-refractivity contribution >= 4 is 0 Å². The highest BCUT2D eigenvalue weighted by Crippen LogP contribution is 2.49. The normalized spacial score (nSPS) is 19.7. The van der Waals surface area contributed by atoms with E-state index in [0.717, 1.165) is 19.2 Å². The van der Waals surface area contributed by atoms with E-state index in [1.54, 1.807) is 0 Å². The zero-order chi connectivity index (χ0) is 16.7. The standard InChI is InChI=1S/C14H9F7O/c1-22-10-5-8(7-3-2-6(15)4-9(7)16)11(14(19,20)21)13(18)12(10)17/h2-4,8H,5H2,1H3. The van der Waals surface area contributed by atoms with Gasteiger partial charge in [0.15, 0.2) is 11.7 Å². The Hall–Kier alpha value is -1.99. The molecule has 0 aliphatic heterocycles. The van der Waals surface area contributed by atoms with Crippen LogP contribution in [0.15, 0.2) is 41.2 Å². The molecule has 0 spiro atoms. The van der Waals surface area contributed by atoms with Crippen LogP contribution >= 0.6 is 0 Å². The van der Waals surface area contributed by atoms with Crippen LogP contribution in [0.1, 0.15) is 17.9 Å². The van der Waals surface area contributed by atoms with Gasteiger partial charge in [0.25, 0.3) is 0 Å². The van der Waals surface area contributed by atoms with Gasteiger partial charge in [0, 0.05) is 18.4 Å². The molecule has 22 heavy (non-hydrogen) atoms. The van der Waals surface area contributed by atoms with E-state index in [9.17, 15) is 30.7 Å². The third kappa shape index (κ3) is 2.82. The van der Waals surface area contributed by atoms with Crippen LogP contribution in [0.3, 0.4) is 0 Å². The molecule has 0 N–H and O–H groups in total. The summed E-state index contributed by atoms with van der Waals surface area (Å²) in [6.45, 7) is 0. The first-order chi connectivity index (χ1) is 10.2. The van der Waals surface area contributed by atoms with E-state index < -0.39 is 58.7 Å². The first kappa shape index (κ1) is 16.4. The maximum absolute atomic E-state index is 13.8. The maximum atomic E-state index is 13.8. The highest BCUT2D eigenvalue weighted by atomic mass is 19.4. The first-order valence-corrected chi connectivity index (χ1v) is 6.01. The largest absolute Gasteiger partial charge is 0.498 e. The van der Waals surface area contributed by atoms with E-state index >= 15 is 0 Å². The van der Waals surface area contributed by atoms with E-state index in [0.29, 0.717) is 6.07 Å². The Kier molecular flexibility index (Phi) is 4.21. The van der Waals surface area contributed by atoms with E-state index in [-0.39, 0.29) is 0 Å². The molecule has 1 unspecified atom stereocenters. The minimum Gasteiger partial charge on any atom is -0.498 e. The molecule has 0 aromatic heterocycles. The van der Waals surface area contributed by atoms with Gasteiger partial charge in [-0.05, 0) is 11.6 Å². The topological polar surface area (TPSA) is 9.23 Å². The van der Waals surface area contributed by atoms with Crippen LogP contribution in [0.4, 0.5) is 30.7 Å². The van der Waals surface area contributed by atoms with Crippen molar-refractivity contribution in [2.75, 3.05) is 7.11 Å². The second-order valence-electron chi connectivity index (χ2n) is 4.59. The third-order valence-corrected chi connectivity index (χ3v) is 3.30. The van der Waals surface area contributed by atoms with Crippen molar-refractivity contribution in [1.29, 1.82) is 0 Å². The monoisotopic (exact) mass is 326 g/mol. The van der Waals surface area contributed by atoms with Gasteiger partial charge in [-0.2, -0.15) is 13.2 Å². The predicted molar refractivity (Wildman–Crippen MR) is 63.0 cm³/mol. The smallest absolute Gasteiger partial charge is 0.416 e. The van der Waals surface area contributed by atoms with Crippen LogP contribution in [-0.2, 0) is 4.74 Å². The fourth-order valence-corrected chi connectivity index (χ4v) is 2.32. The molecule has 0 heterocycles. The van der Waals surface area contributed by atoms with Crippen LogP contribution in [-0.4, -0.2) is 13.3 Å². The predicted octanol–water partition coefficient (Wildman–Crippen LogP) is 5.07. The van der Waals surface area contributed by atoms with Crippen LogP contribution in [0, 0.1) is 11.6 Å². The van der Waals surface area contributed by atoms with Gasteiger partial charge >= 0.3 is 6.18 Å². The third-order valence-electron chi connectivity index (χ3n) is 3.30. The lowest BCUT2D eigenvalue weighted by molar-refractivity contribution is -0.0989. The number of hydrogen-bond acceptors (Lipinski definition) is 1. The highest BCUT2D eigenvalue weighted by molar-refractivity contribution is 5.44. The number of hydrogen-bond donors (Lipinski definition) is 0. The van der Waals surface area contributed by atoms with Crippen LogP contribution in [0.5, 0.6) is 0 Å². The molecule has 0 fully saturated rings. The van der Waals surface area contributed by atoms with Gasteiger partial charge in [0.1, 0.15) is 17.4 Å². The maximum Gasteiger partial charge on any atom is 0.416 e. The van der Waals surface area contributed by atoms with Crippen molar-refractivity contribution in [2.45, 2.75) is 18.5 Å². The average molecular weight is 326 g/mol. The molecule has 1 nitrogen and oxygen atoms in total. The molecule has 0 radical (unpaired) electrons. The number of alkyl halides is 3. The van der Waals surface area contributed by atoms with Gasteiger partial charge in [-0.1, -0.05) is 6.07 Å². The number of rotatable bonds is 2. The SMILES string of the molecule is COC1=C(F)C(F)=C(C(F)(F)F)C(c2ccc(F)cc2F)C1. The van der Waals surface area contributed by atoms with Gasteiger partial charge in [0.2, 0.25) is 0 Å². The summed E-state index contributed by atoms with van der Waals surface area (Å²) in [5.41, 5.74) is -2.44. The van der Waals surface area contributed by atoms with E-state index in [4.69, 9.17) is 0 Å². The molecule has 1 aliphatic carbocycles. The average Bonchev–Trinajstić information content (AvgIpc) is 2.40. The van der Waals surface area contributed by atoms with Crippen molar-refractivity contribution in [1.82, 2.24) is 0 Å². The van der Waals surface area contributed by atoms with Crippen molar-refractivity contribution in [3.8, 4) is 0 Å². The van der Waals surface area contributed by atoms with Crippen molar-refractivity contribution < 1.29 is 35.5 Å². The van der Waals surface area contributed by atoms with Crippen LogP contribution in [0.25, 0.3) is 0 Å². The lowest BCUT2D eigenvalue weighted by Gasteiger charge is -2.28. The molecule has 1 atom stereocenters. The molecule has 1 aliphatic rings. The Bertz CT molecular complexity index is 658. The second kappa shape index (κ2) is 5.66. The summed E-state index contributed by atoms with van der Waals surface area (Å²) in [6.07, 6.45) is -5.95. The summed E-state index contributed by atoms with van der Waals surface area (Å²) >= 11 is 0. The Morgan fingerprint density at radius 3 is 2.18 bits per heavy atom. The fraction of sp³-hybridized carbons (Fsp3) is 0.286. The van der Waals surface area contributed by atoms with Crippen LogP contribution in [0.2, 0.25) is 0 Å². The van der Waals surface area contributed by atoms with Gasteiger partial charge in [0.05, 0.1) is 12.7 Å². The van der Waals surface area contributed by atoms with Crippen molar-refractivity contribution in [3.05, 3.63) is 58.4 Å². The number of ether oxygens (including phenoxy) is 1. The number of methoxy groups -OCH3 is 1. The molecular formula is C14H9F7O. The summed E-state index contributed by atoms with van der Waals surface area (Å²) in [6, 6.07) is 1.89. The summed E-state index contributed by atoms with van der Waals surface area (Å²) in [5.74, 6) is -8.73. The number of benzene rings is 1. The molecule has 0 bridgehead atoms. The van der Waals surface area contributed by atoms with Crippen molar-refractivity contribution in [3.63, 3.8) is 0 Å². The highest BCUT2D eigenvalue weighted by Gasteiger charge is 2.47. The fourth-order valence-electron chi connectivity index (χ4n) is 2.32. The van der Waals surface area contributed by atoms with Crippen molar-refractivity contribution in [2.24, 2.45) is 0 Å². The van der Waals surface area contributed by atoms with E-state index in [1.807, 2.05) is 0 Å². The quantitative estimate of drug-likeness (QED) is 0.690. The first-order valence-electron chi connectivity index (χ1n) is 6.01. The lowest BCUT2D eigenvalue weighted by atomic mass is 9.83. The van der Waals surface area contributed by atoms with Crippen LogP contribution < -0.4 is 0 Å². The van der Waals surface area contributed by atoms with Gasteiger partial charge in [-0.15, -0.1) is 0 Å². The second-order valence-corrected chi connectivity index (χ2v) is 4.59. The Morgan fingerprint density at radius 2 is 1.68 bits per heavy atom. The van der Waals surface area contributed by atoms with Gasteiger partial charge in [-0.25, -0.2) is 17.6 Å². The molecule has 1 aromatic rings. The molecule has 1 aromatic carbocycles. The van der Waals surface area contributed by atoms with Gasteiger partial charge < -0.3 is 4.74 Å². The molecular weight excluding hydrogens is 317 g/mol. The molecule has 8 heteroatoms. The van der Waals surface area contributed by atoms with E-state index in [2.05, 4.69) is 4.74 Å². The molecule has 120 valence electrons. The zero-order valence-electron chi connectivity index (χ0n) is 11.1. The Balaban J connectivity index is 2.64. The molecule has 0 saturated heterocycles. The van der Waals surface area contributed by atoms with Gasteiger partial charge in [-0.3, -0.25) is 0 Å². The molecule has 0 amide bonds. The number of halogens is 7. The Morgan fingerprint density at radius 1 is 1.05 bits per heavy atom. The minimum absolute atomic E-state index is 0.377. The summed E-state index contributed by atoms with van der Waals surface area (Å²) in [7, 11) is 0.957. The summed E-state index contributed by atoms with van der Waals surface area (Å²) < 4.78 is 97.5. The number of allylic oxidation sites excluding steroid dienone is 4. The lowest BCUT2D eigenvalue weighted by Crippen LogP contribution is -2.25.